The van der Waals surface area contributed by atoms with Crippen molar-refractivity contribution in [2.24, 2.45) is 12.1 Å². The minimum absolute atomic E-state index is 0.108. The van der Waals surface area contributed by atoms with Crippen LogP contribution < -0.4 is 5.43 Å². The Kier molecular flexibility index (Phi) is 6.87. The summed E-state index contributed by atoms with van der Waals surface area (Å²) in [5.74, 6) is 0.740. The molecular formula is C18H15Br2N5O2S. The lowest BCUT2D eigenvalue weighted by Crippen LogP contribution is -2.19. The van der Waals surface area contributed by atoms with E-state index in [2.05, 4.69) is 52.6 Å². The molecule has 0 radical (unpaired) electrons. The maximum atomic E-state index is 12.0. The molecule has 0 saturated carbocycles. The molecule has 0 unspecified atom stereocenters. The van der Waals surface area contributed by atoms with E-state index in [4.69, 9.17) is 0 Å². The molecule has 0 aliphatic heterocycles. The summed E-state index contributed by atoms with van der Waals surface area (Å²) in [7, 11) is 1.86. The van der Waals surface area contributed by atoms with Crippen LogP contribution in [0.15, 0.2) is 61.7 Å². The summed E-state index contributed by atoms with van der Waals surface area (Å²) in [6.45, 7) is 0. The molecule has 0 atom stereocenters. The molecule has 2 N–H and O–H groups in total. The Morgan fingerprint density at radius 1 is 1.25 bits per heavy atom. The fraction of sp³-hybridized carbons (Fsp3) is 0.111. The molecule has 0 saturated heterocycles. The SMILES string of the molecule is Cn1c(SCC(=O)NN=Cc2cc(Br)c(O)c(Br)c2)nnc1-c1ccccc1. The van der Waals surface area contributed by atoms with Gasteiger partial charge in [-0.25, -0.2) is 5.43 Å². The molecular weight excluding hydrogens is 510 g/mol. The number of hydrogen-bond donors (Lipinski definition) is 2. The zero-order valence-electron chi connectivity index (χ0n) is 14.6. The number of nitrogens with one attached hydrogen (secondary N) is 1. The highest BCUT2D eigenvalue weighted by Crippen LogP contribution is 2.32. The van der Waals surface area contributed by atoms with Crippen molar-refractivity contribution in [3.63, 3.8) is 0 Å². The van der Waals surface area contributed by atoms with Crippen molar-refractivity contribution >= 4 is 55.7 Å². The molecule has 2 aromatic carbocycles. The van der Waals surface area contributed by atoms with Crippen LogP contribution in [0.2, 0.25) is 0 Å². The number of amides is 1. The molecule has 3 aromatic rings. The Balaban J connectivity index is 1.56. The summed E-state index contributed by atoms with van der Waals surface area (Å²) in [5.41, 5.74) is 4.15. The van der Waals surface area contributed by atoms with Gasteiger partial charge in [0.15, 0.2) is 11.0 Å². The number of phenolic OH excluding ortho intramolecular Hbond substituents is 1. The number of hydrazone groups is 1. The highest BCUT2D eigenvalue weighted by atomic mass is 79.9. The van der Waals surface area contributed by atoms with E-state index >= 15 is 0 Å². The Labute approximate surface area is 182 Å². The lowest BCUT2D eigenvalue weighted by atomic mass is 10.2. The van der Waals surface area contributed by atoms with E-state index in [0.717, 1.165) is 11.4 Å². The van der Waals surface area contributed by atoms with Gasteiger partial charge in [0.05, 0.1) is 20.9 Å². The van der Waals surface area contributed by atoms with E-state index in [1.54, 1.807) is 12.1 Å². The van der Waals surface area contributed by atoms with Gasteiger partial charge >= 0.3 is 0 Å². The summed E-state index contributed by atoms with van der Waals surface area (Å²) in [6.07, 6.45) is 1.49. The summed E-state index contributed by atoms with van der Waals surface area (Å²) >= 11 is 7.77. The molecule has 0 spiro atoms. The third-order valence-electron chi connectivity index (χ3n) is 3.64. The van der Waals surface area contributed by atoms with Crippen LogP contribution in [0.4, 0.5) is 0 Å². The van der Waals surface area contributed by atoms with E-state index in [-0.39, 0.29) is 17.4 Å². The predicted octanol–water partition coefficient (Wildman–Crippen LogP) is 3.96. The maximum Gasteiger partial charge on any atom is 0.250 e. The first-order chi connectivity index (χ1) is 13.5. The van der Waals surface area contributed by atoms with E-state index in [0.29, 0.717) is 19.7 Å². The number of phenols is 1. The minimum Gasteiger partial charge on any atom is -0.506 e. The topological polar surface area (TPSA) is 92.4 Å². The molecule has 28 heavy (non-hydrogen) atoms. The Morgan fingerprint density at radius 2 is 1.93 bits per heavy atom. The van der Waals surface area contributed by atoms with Gasteiger partial charge in [0, 0.05) is 12.6 Å². The number of rotatable bonds is 6. The predicted molar refractivity (Wildman–Crippen MR) is 116 cm³/mol. The smallest absolute Gasteiger partial charge is 0.250 e. The molecule has 0 aliphatic rings. The van der Waals surface area contributed by atoms with Gasteiger partial charge in [-0.3, -0.25) is 4.79 Å². The molecule has 3 rings (SSSR count). The van der Waals surface area contributed by atoms with Crippen LogP contribution in [0.1, 0.15) is 5.56 Å². The van der Waals surface area contributed by atoms with Gasteiger partial charge in [0.25, 0.3) is 5.91 Å². The molecule has 1 heterocycles. The van der Waals surface area contributed by atoms with Gasteiger partial charge < -0.3 is 9.67 Å². The van der Waals surface area contributed by atoms with Crippen molar-refractivity contribution in [2.45, 2.75) is 5.16 Å². The summed E-state index contributed by atoms with van der Waals surface area (Å²) in [4.78, 5) is 12.0. The van der Waals surface area contributed by atoms with Gasteiger partial charge in [0.2, 0.25) is 0 Å². The van der Waals surface area contributed by atoms with Gasteiger partial charge in [0.1, 0.15) is 5.75 Å². The standard InChI is InChI=1S/C18H15Br2N5O2S/c1-25-17(12-5-3-2-4-6-12)23-24-18(25)28-10-15(26)22-21-9-11-7-13(19)16(27)14(20)8-11/h2-9,27H,10H2,1H3,(H,22,26). The summed E-state index contributed by atoms with van der Waals surface area (Å²) in [5, 5.41) is 22.6. The Bertz CT molecular complexity index is 1000. The number of benzene rings is 2. The van der Waals surface area contributed by atoms with Crippen LogP contribution in [0.25, 0.3) is 11.4 Å². The van der Waals surface area contributed by atoms with E-state index in [1.807, 2.05) is 41.9 Å². The number of aromatic hydroxyl groups is 1. The van der Waals surface area contributed by atoms with Crippen LogP contribution >= 0.6 is 43.6 Å². The Morgan fingerprint density at radius 3 is 2.61 bits per heavy atom. The van der Waals surface area contributed by atoms with Crippen molar-refractivity contribution in [3.05, 3.63) is 57.0 Å². The van der Waals surface area contributed by atoms with Crippen LogP contribution in [-0.2, 0) is 11.8 Å². The zero-order chi connectivity index (χ0) is 20.1. The lowest BCUT2D eigenvalue weighted by molar-refractivity contribution is -0.118. The van der Waals surface area contributed by atoms with Gasteiger partial charge in [-0.1, -0.05) is 42.1 Å². The van der Waals surface area contributed by atoms with Crippen molar-refractivity contribution in [2.75, 3.05) is 5.75 Å². The van der Waals surface area contributed by atoms with Crippen LogP contribution in [0, 0.1) is 0 Å². The van der Waals surface area contributed by atoms with Crippen LogP contribution in [0.5, 0.6) is 5.75 Å². The molecule has 0 bridgehead atoms. The Hall–Kier alpha value is -2.17. The number of carbonyl (C=O) groups excluding carboxylic acids is 1. The van der Waals surface area contributed by atoms with E-state index < -0.39 is 0 Å². The number of carbonyl (C=O) groups is 1. The zero-order valence-corrected chi connectivity index (χ0v) is 18.6. The first-order valence-electron chi connectivity index (χ1n) is 8.03. The quantitative estimate of drug-likeness (QED) is 0.289. The molecule has 1 aromatic heterocycles. The molecule has 10 heteroatoms. The number of halogens is 2. The second-order valence-corrected chi connectivity index (χ2v) is 8.30. The van der Waals surface area contributed by atoms with Crippen molar-refractivity contribution in [1.29, 1.82) is 0 Å². The maximum absolute atomic E-state index is 12.0. The highest BCUT2D eigenvalue weighted by Gasteiger charge is 2.12. The number of hydrogen-bond acceptors (Lipinski definition) is 6. The third kappa shape index (κ3) is 5.00. The normalized spacial score (nSPS) is 11.1. The second-order valence-electron chi connectivity index (χ2n) is 5.65. The van der Waals surface area contributed by atoms with Gasteiger partial charge in [-0.2, -0.15) is 5.10 Å². The number of thioether (sulfide) groups is 1. The monoisotopic (exact) mass is 523 g/mol. The van der Waals surface area contributed by atoms with Crippen molar-refractivity contribution in [3.8, 4) is 17.1 Å². The molecule has 144 valence electrons. The largest absolute Gasteiger partial charge is 0.506 e. The average molecular weight is 525 g/mol. The molecule has 7 nitrogen and oxygen atoms in total. The van der Waals surface area contributed by atoms with Crippen molar-refractivity contribution in [1.82, 2.24) is 20.2 Å². The fourth-order valence-electron chi connectivity index (χ4n) is 2.28. The number of nitrogens with zero attached hydrogens (tertiary/aromatic N) is 4. The summed E-state index contributed by atoms with van der Waals surface area (Å²) in [6, 6.07) is 13.1. The minimum atomic E-state index is -0.262. The third-order valence-corrected chi connectivity index (χ3v) is 5.87. The van der Waals surface area contributed by atoms with E-state index in [9.17, 15) is 9.90 Å². The van der Waals surface area contributed by atoms with Crippen LogP contribution in [0.3, 0.4) is 0 Å². The average Bonchev–Trinajstić information content (AvgIpc) is 3.05. The van der Waals surface area contributed by atoms with Crippen molar-refractivity contribution < 1.29 is 9.90 Å². The fourth-order valence-corrected chi connectivity index (χ4v) is 4.21. The first-order valence-corrected chi connectivity index (χ1v) is 10.6. The first kappa shape index (κ1) is 20.6. The van der Waals surface area contributed by atoms with Gasteiger partial charge in [-0.05, 0) is 49.6 Å². The number of aromatic nitrogens is 3. The van der Waals surface area contributed by atoms with Gasteiger partial charge in [-0.15, -0.1) is 10.2 Å². The molecule has 1 amide bonds. The molecule has 0 fully saturated rings. The summed E-state index contributed by atoms with van der Waals surface area (Å²) < 4.78 is 2.91. The van der Waals surface area contributed by atoms with Crippen LogP contribution in [-0.4, -0.2) is 37.7 Å². The highest BCUT2D eigenvalue weighted by molar-refractivity contribution is 9.11. The van der Waals surface area contributed by atoms with E-state index in [1.165, 1.54) is 18.0 Å². The second kappa shape index (κ2) is 9.35. The lowest BCUT2D eigenvalue weighted by Gasteiger charge is -2.04. The molecule has 0 aliphatic carbocycles.